The fourth-order valence-electron chi connectivity index (χ4n) is 10.9. The summed E-state index contributed by atoms with van der Waals surface area (Å²) in [6, 6.07) is -3.55. The molecule has 2 saturated heterocycles. The van der Waals surface area contributed by atoms with Gasteiger partial charge in [-0.1, -0.05) is 67.2 Å². The molecule has 6 fully saturated rings. The third-order valence-electron chi connectivity index (χ3n) is 14.7. The molecular formula is C41H66N6O6. The minimum Gasteiger partial charge on any atom is -0.347 e. The Morgan fingerprint density at radius 1 is 0.811 bits per heavy atom. The van der Waals surface area contributed by atoms with Gasteiger partial charge in [0.25, 0.3) is 5.91 Å². The van der Waals surface area contributed by atoms with Crippen LogP contribution in [0.1, 0.15) is 131 Å². The SMILES string of the molecule is CC[C@H](NC(=O)[C@@H]1C[C@@]2(CN1C(=O)[C@@H](NC(=O)[C@@H](NC(=O)[C@H]1CCCN(C)C1)C1CCCCC1)C(C)(C)C)C(C)(C)C21CCC1)C(=O)C(=O)NC1CC1. The van der Waals surface area contributed by atoms with Crippen molar-refractivity contribution in [1.82, 2.24) is 31.1 Å². The Bertz CT molecular complexity index is 1460. The zero-order valence-corrected chi connectivity index (χ0v) is 33.4. The molecular weight excluding hydrogens is 672 g/mol. The minimum atomic E-state index is -0.999. The second-order valence-electron chi connectivity index (χ2n) is 19.2. The van der Waals surface area contributed by atoms with Crippen LogP contribution in [-0.2, 0) is 28.8 Å². The van der Waals surface area contributed by atoms with E-state index in [1.54, 1.807) is 11.8 Å². The summed E-state index contributed by atoms with van der Waals surface area (Å²) in [7, 11) is 2.02. The van der Waals surface area contributed by atoms with Crippen molar-refractivity contribution in [3.8, 4) is 0 Å². The number of nitrogens with one attached hydrogen (secondary N) is 4. The fourth-order valence-corrected chi connectivity index (χ4v) is 10.9. The van der Waals surface area contributed by atoms with Crippen molar-refractivity contribution in [2.75, 3.05) is 26.7 Å². The number of carbonyl (C=O) groups excluding carboxylic acids is 6. The highest BCUT2D eigenvalue weighted by atomic mass is 16.2. The molecule has 4 aliphatic carbocycles. The first-order valence-corrected chi connectivity index (χ1v) is 20.7. The highest BCUT2D eigenvalue weighted by molar-refractivity contribution is 6.38. The second kappa shape index (κ2) is 14.9. The maximum Gasteiger partial charge on any atom is 0.289 e. The number of carbonyl (C=O) groups is 6. The lowest BCUT2D eigenvalue weighted by atomic mass is 9.73. The van der Waals surface area contributed by atoms with Crippen LogP contribution in [0.25, 0.3) is 0 Å². The zero-order valence-electron chi connectivity index (χ0n) is 33.4. The molecule has 0 unspecified atom stereocenters. The molecule has 12 heteroatoms. The molecule has 53 heavy (non-hydrogen) atoms. The van der Waals surface area contributed by atoms with Gasteiger partial charge in [0.05, 0.1) is 12.0 Å². The predicted molar refractivity (Wildman–Crippen MR) is 201 cm³/mol. The number of hydrogen-bond donors (Lipinski definition) is 4. The number of piperidine rings is 1. The van der Waals surface area contributed by atoms with E-state index in [0.717, 1.165) is 83.6 Å². The second-order valence-corrected chi connectivity index (χ2v) is 19.2. The number of rotatable bonds is 12. The number of nitrogens with zero attached hydrogens (tertiary/aromatic N) is 2. The van der Waals surface area contributed by atoms with Crippen molar-refractivity contribution in [2.45, 2.75) is 162 Å². The number of amides is 5. The van der Waals surface area contributed by atoms with Gasteiger partial charge in [0.1, 0.15) is 18.1 Å². The average Bonchev–Trinajstić information content (AvgIpc) is 3.92. The van der Waals surface area contributed by atoms with Crippen LogP contribution in [0.3, 0.4) is 0 Å². The van der Waals surface area contributed by atoms with E-state index in [1.807, 2.05) is 27.8 Å². The predicted octanol–water partition coefficient (Wildman–Crippen LogP) is 3.46. The molecule has 2 heterocycles. The van der Waals surface area contributed by atoms with Crippen LogP contribution in [0.2, 0.25) is 0 Å². The standard InChI is InChI=1S/C41H66N6O6/c1-8-28(31(48)36(52)42-27-17-18-27)43-34(50)29-22-41(39(5,6)40(41)19-13-20-40)24-47(29)37(53)32(38(2,3)4)45-35(51)30(25-14-10-9-11-15-25)44-33(49)26-16-12-21-46(7)23-26/h25-30,32H,8-24H2,1-7H3,(H,42,52)(H,43,50)(H,44,49)(H,45,51)/t26-,28-,29-,30-,32+,41+/m0/s1. The van der Waals surface area contributed by atoms with Crippen LogP contribution in [0.5, 0.6) is 0 Å². The Kier molecular flexibility index (Phi) is 11.2. The number of hydrogen-bond acceptors (Lipinski definition) is 7. The van der Waals surface area contributed by atoms with Crippen molar-refractivity contribution in [1.29, 1.82) is 0 Å². The van der Waals surface area contributed by atoms with Crippen LogP contribution in [0.15, 0.2) is 0 Å². The van der Waals surface area contributed by atoms with Gasteiger partial charge in [-0.15, -0.1) is 0 Å². The molecule has 0 radical (unpaired) electrons. The van der Waals surface area contributed by atoms with Crippen LogP contribution >= 0.6 is 0 Å². The number of likely N-dealkylation sites (tertiary alicyclic amines) is 2. The van der Waals surface area contributed by atoms with Crippen molar-refractivity contribution in [3.63, 3.8) is 0 Å². The summed E-state index contributed by atoms with van der Waals surface area (Å²) >= 11 is 0. The first-order chi connectivity index (χ1) is 25.0. The van der Waals surface area contributed by atoms with Gasteiger partial charge in [0.15, 0.2) is 0 Å². The molecule has 12 nitrogen and oxygen atoms in total. The molecule has 0 aromatic rings. The smallest absolute Gasteiger partial charge is 0.289 e. The maximum absolute atomic E-state index is 15.0. The van der Waals surface area contributed by atoms with Crippen LogP contribution < -0.4 is 21.3 Å². The van der Waals surface area contributed by atoms with E-state index in [-0.39, 0.29) is 58.3 Å². The third kappa shape index (κ3) is 7.39. The van der Waals surface area contributed by atoms with Crippen molar-refractivity contribution < 1.29 is 28.8 Å². The maximum atomic E-state index is 15.0. The minimum absolute atomic E-state index is 0.0164. The van der Waals surface area contributed by atoms with Gasteiger partial charge in [-0.05, 0) is 100.0 Å². The molecule has 4 saturated carbocycles. The fraction of sp³-hybridized carbons (Fsp3) is 0.854. The monoisotopic (exact) mass is 739 g/mol. The van der Waals surface area contributed by atoms with Gasteiger partial charge in [-0.25, -0.2) is 0 Å². The van der Waals surface area contributed by atoms with Crippen molar-refractivity contribution in [3.05, 3.63) is 0 Å². The van der Waals surface area contributed by atoms with Crippen LogP contribution in [0.4, 0.5) is 0 Å². The Hall–Kier alpha value is -3.02. The van der Waals surface area contributed by atoms with Gasteiger partial charge in [-0.2, -0.15) is 0 Å². The third-order valence-corrected chi connectivity index (χ3v) is 14.7. The Labute approximate surface area is 316 Å². The lowest BCUT2D eigenvalue weighted by molar-refractivity contribution is -0.145. The molecule has 2 spiro atoms. The molecule has 5 amide bonds. The van der Waals surface area contributed by atoms with Gasteiger partial charge in [-0.3, -0.25) is 28.8 Å². The zero-order chi connectivity index (χ0) is 38.5. The summed E-state index contributed by atoms with van der Waals surface area (Å²) in [6.07, 6.45) is 12.1. The molecule has 6 aliphatic rings. The lowest BCUT2D eigenvalue weighted by Gasteiger charge is -2.38. The molecule has 2 aliphatic heterocycles. The first-order valence-electron chi connectivity index (χ1n) is 20.7. The molecule has 0 bridgehead atoms. The summed E-state index contributed by atoms with van der Waals surface area (Å²) in [5, 5.41) is 11.9. The average molecular weight is 739 g/mol. The first kappa shape index (κ1) is 39.7. The summed E-state index contributed by atoms with van der Waals surface area (Å²) < 4.78 is 0. The van der Waals surface area contributed by atoms with Gasteiger partial charge < -0.3 is 31.1 Å². The number of ketones is 1. The molecule has 6 rings (SSSR count). The molecule has 0 aromatic carbocycles. The van der Waals surface area contributed by atoms with Gasteiger partial charge >= 0.3 is 0 Å². The van der Waals surface area contributed by atoms with Crippen molar-refractivity contribution >= 4 is 35.3 Å². The highest BCUT2D eigenvalue weighted by Crippen LogP contribution is 2.88. The molecule has 6 atom stereocenters. The molecule has 4 N–H and O–H groups in total. The Morgan fingerprint density at radius 3 is 2.04 bits per heavy atom. The summed E-state index contributed by atoms with van der Waals surface area (Å²) in [5.74, 6) is -2.78. The van der Waals surface area contributed by atoms with E-state index in [2.05, 4.69) is 40.0 Å². The van der Waals surface area contributed by atoms with E-state index in [9.17, 15) is 24.0 Å². The quantitative estimate of drug-likeness (QED) is 0.224. The Balaban J connectivity index is 1.24. The van der Waals surface area contributed by atoms with E-state index < -0.39 is 47.2 Å². The summed E-state index contributed by atoms with van der Waals surface area (Å²) in [4.78, 5) is 87.1. The Morgan fingerprint density at radius 2 is 1.49 bits per heavy atom. The summed E-state index contributed by atoms with van der Waals surface area (Å²) in [5.41, 5.74) is -1.02. The van der Waals surface area contributed by atoms with Crippen LogP contribution in [0, 0.1) is 33.5 Å². The summed E-state index contributed by atoms with van der Waals surface area (Å²) in [6.45, 7) is 14.0. The van der Waals surface area contributed by atoms with E-state index in [0.29, 0.717) is 19.5 Å². The lowest BCUT2D eigenvalue weighted by Crippen LogP contribution is -2.62. The highest BCUT2D eigenvalue weighted by Gasteiger charge is 2.85. The van der Waals surface area contributed by atoms with Gasteiger partial charge in [0, 0.05) is 24.5 Å². The van der Waals surface area contributed by atoms with Crippen molar-refractivity contribution in [2.24, 2.45) is 33.5 Å². The van der Waals surface area contributed by atoms with E-state index >= 15 is 4.79 Å². The van der Waals surface area contributed by atoms with Gasteiger partial charge in [0.2, 0.25) is 29.4 Å². The van der Waals surface area contributed by atoms with E-state index in [1.165, 1.54) is 0 Å². The molecule has 0 aromatic heterocycles. The normalized spacial score (nSPS) is 29.8. The largest absolute Gasteiger partial charge is 0.347 e. The van der Waals surface area contributed by atoms with Crippen LogP contribution in [-0.4, -0.2) is 102 Å². The number of fused-ring (bicyclic) bond motifs is 1. The molecule has 296 valence electrons. The topological polar surface area (TPSA) is 157 Å². The number of Topliss-reactive ketones (excluding diaryl/α,β-unsaturated/α-hetero) is 1. The van der Waals surface area contributed by atoms with E-state index in [4.69, 9.17) is 0 Å².